The number of nitrogens with one attached hydrogen (secondary N) is 1. The number of carbonyl (C=O) groups is 1. The normalized spacial score (nSPS) is 13.3. The summed E-state index contributed by atoms with van der Waals surface area (Å²) in [5.41, 5.74) is -0.295. The van der Waals surface area contributed by atoms with Gasteiger partial charge in [-0.3, -0.25) is 14.6 Å². The first-order valence-corrected chi connectivity index (χ1v) is 7.56. The van der Waals surface area contributed by atoms with Crippen LogP contribution in [0.25, 0.3) is 0 Å². The van der Waals surface area contributed by atoms with Gasteiger partial charge in [0.25, 0.3) is 11.5 Å². The highest BCUT2D eigenvalue weighted by Crippen LogP contribution is 2.09. The van der Waals surface area contributed by atoms with Gasteiger partial charge < -0.3 is 20.1 Å². The Bertz CT molecular complexity index is 783. The molecule has 2 aromatic heterocycles. The molecule has 2 heterocycles. The third-order valence-corrected chi connectivity index (χ3v) is 3.68. The van der Waals surface area contributed by atoms with E-state index in [1.165, 1.54) is 17.6 Å². The van der Waals surface area contributed by atoms with Crippen LogP contribution in [-0.4, -0.2) is 31.3 Å². The molecule has 0 bridgehead atoms. The molecule has 0 aliphatic heterocycles. The van der Waals surface area contributed by atoms with Crippen molar-refractivity contribution in [2.75, 3.05) is 0 Å². The summed E-state index contributed by atoms with van der Waals surface area (Å²) in [5, 5.41) is 22.1. The van der Waals surface area contributed by atoms with E-state index >= 15 is 0 Å². The summed E-state index contributed by atoms with van der Waals surface area (Å²) in [4.78, 5) is 28.3. The van der Waals surface area contributed by atoms with Crippen LogP contribution >= 0.6 is 0 Å². The molecule has 7 heteroatoms. The van der Waals surface area contributed by atoms with Crippen LogP contribution < -0.4 is 10.9 Å². The third kappa shape index (κ3) is 4.27. The topological polar surface area (TPSA) is 104 Å². The lowest BCUT2D eigenvalue weighted by molar-refractivity contribution is -0.139. The minimum Gasteiger partial charge on any atom is -0.390 e. The van der Waals surface area contributed by atoms with Crippen molar-refractivity contribution in [3.63, 3.8) is 0 Å². The molecule has 2 rings (SSSR count). The number of aliphatic hydroxyl groups excluding tert-OH is 1. The van der Waals surface area contributed by atoms with E-state index in [4.69, 9.17) is 5.11 Å². The van der Waals surface area contributed by atoms with Gasteiger partial charge in [-0.15, -0.1) is 0 Å². The first-order chi connectivity index (χ1) is 11.3. The van der Waals surface area contributed by atoms with Gasteiger partial charge in [0.1, 0.15) is 0 Å². The Kier molecular flexibility index (Phi) is 5.48. The number of hydrogen-bond acceptors (Lipinski definition) is 5. The van der Waals surface area contributed by atoms with Crippen molar-refractivity contribution < 1.29 is 15.0 Å². The monoisotopic (exact) mass is 331 g/mol. The van der Waals surface area contributed by atoms with Crippen molar-refractivity contribution in [2.45, 2.75) is 39.1 Å². The molecular formula is C17H21N3O4. The molecule has 1 unspecified atom stereocenters. The molecule has 0 saturated carbocycles. The predicted molar refractivity (Wildman–Crippen MR) is 88.1 cm³/mol. The Morgan fingerprint density at radius 2 is 1.92 bits per heavy atom. The maximum Gasteiger partial charge on any atom is 0.253 e. The lowest BCUT2D eigenvalue weighted by Crippen LogP contribution is -2.49. The van der Waals surface area contributed by atoms with E-state index in [0.29, 0.717) is 17.1 Å². The van der Waals surface area contributed by atoms with E-state index in [2.05, 4.69) is 10.3 Å². The van der Waals surface area contributed by atoms with Gasteiger partial charge in [-0.2, -0.15) is 0 Å². The van der Waals surface area contributed by atoms with E-state index in [1.54, 1.807) is 37.3 Å². The highest BCUT2D eigenvalue weighted by molar-refractivity contribution is 5.84. The largest absolute Gasteiger partial charge is 0.390 e. The van der Waals surface area contributed by atoms with Crippen LogP contribution in [0.15, 0.2) is 41.2 Å². The van der Waals surface area contributed by atoms with Gasteiger partial charge in [0.2, 0.25) is 0 Å². The summed E-state index contributed by atoms with van der Waals surface area (Å²) >= 11 is 0. The molecule has 0 radical (unpaired) electrons. The van der Waals surface area contributed by atoms with Crippen LogP contribution in [0.5, 0.6) is 0 Å². The van der Waals surface area contributed by atoms with E-state index in [1.807, 2.05) is 0 Å². The highest BCUT2D eigenvalue weighted by Gasteiger charge is 2.31. The van der Waals surface area contributed by atoms with Gasteiger partial charge in [0.05, 0.1) is 31.1 Å². The average molecular weight is 331 g/mol. The first kappa shape index (κ1) is 17.8. The molecule has 0 aliphatic carbocycles. The van der Waals surface area contributed by atoms with Gasteiger partial charge in [-0.1, -0.05) is 12.1 Å². The quantitative estimate of drug-likeness (QED) is 0.697. The second-order valence-corrected chi connectivity index (χ2v) is 5.83. The Morgan fingerprint density at radius 3 is 2.58 bits per heavy atom. The number of aliphatic hydroxyl groups is 2. The smallest absolute Gasteiger partial charge is 0.253 e. The molecular weight excluding hydrogens is 310 g/mol. The summed E-state index contributed by atoms with van der Waals surface area (Å²) in [6.07, 6.45) is 0. The van der Waals surface area contributed by atoms with Gasteiger partial charge >= 0.3 is 0 Å². The van der Waals surface area contributed by atoms with Crippen LogP contribution in [0.2, 0.25) is 0 Å². The number of aryl methyl sites for hydroxylation is 1. The van der Waals surface area contributed by atoms with Gasteiger partial charge in [-0.25, -0.2) is 0 Å². The average Bonchev–Trinajstić information content (AvgIpc) is 2.56. The summed E-state index contributed by atoms with van der Waals surface area (Å²) in [6, 6.07) is 9.85. The van der Waals surface area contributed by atoms with E-state index in [0.717, 1.165) is 0 Å². The zero-order valence-corrected chi connectivity index (χ0v) is 13.7. The molecule has 0 aromatic carbocycles. The van der Waals surface area contributed by atoms with Gasteiger partial charge in [0, 0.05) is 11.8 Å². The lowest BCUT2D eigenvalue weighted by atomic mass is 10.1. The Hall–Kier alpha value is -2.51. The van der Waals surface area contributed by atoms with Crippen molar-refractivity contribution in [2.24, 2.45) is 0 Å². The molecule has 0 saturated heterocycles. The summed E-state index contributed by atoms with van der Waals surface area (Å²) in [7, 11) is 0. The SMILES string of the molecule is Cc1cccc(=O)n1CC(C)(O)C(=O)NCc1cccc(CO)n1. The predicted octanol–water partition coefficient (Wildman–Crippen LogP) is 0.111. The van der Waals surface area contributed by atoms with Crippen molar-refractivity contribution in [3.8, 4) is 0 Å². The van der Waals surface area contributed by atoms with Crippen molar-refractivity contribution >= 4 is 5.91 Å². The highest BCUT2D eigenvalue weighted by atomic mass is 16.3. The van der Waals surface area contributed by atoms with E-state index in [-0.39, 0.29) is 25.3 Å². The Labute approximate surface area is 139 Å². The van der Waals surface area contributed by atoms with Gasteiger partial charge in [0.15, 0.2) is 5.60 Å². The molecule has 0 spiro atoms. The number of amides is 1. The number of pyridine rings is 2. The number of carbonyl (C=O) groups excluding carboxylic acids is 1. The fourth-order valence-electron chi connectivity index (χ4n) is 2.28. The summed E-state index contributed by atoms with van der Waals surface area (Å²) < 4.78 is 1.35. The molecule has 24 heavy (non-hydrogen) atoms. The molecule has 1 atom stereocenters. The molecule has 128 valence electrons. The fourth-order valence-corrected chi connectivity index (χ4v) is 2.28. The van der Waals surface area contributed by atoms with Gasteiger partial charge in [-0.05, 0) is 32.0 Å². The molecule has 3 N–H and O–H groups in total. The summed E-state index contributed by atoms with van der Waals surface area (Å²) in [5.74, 6) is -0.603. The maximum absolute atomic E-state index is 12.3. The minimum absolute atomic E-state index is 0.117. The van der Waals surface area contributed by atoms with E-state index in [9.17, 15) is 14.7 Å². The van der Waals surface area contributed by atoms with Crippen LogP contribution in [-0.2, 0) is 24.5 Å². The second-order valence-electron chi connectivity index (χ2n) is 5.83. The minimum atomic E-state index is -1.75. The van der Waals surface area contributed by atoms with E-state index < -0.39 is 11.5 Å². The summed E-state index contributed by atoms with van der Waals surface area (Å²) in [6.45, 7) is 2.88. The van der Waals surface area contributed by atoms with Crippen LogP contribution in [0.1, 0.15) is 24.0 Å². The number of nitrogens with zero attached hydrogens (tertiary/aromatic N) is 2. The zero-order chi connectivity index (χ0) is 17.7. The molecule has 2 aromatic rings. The molecule has 1 amide bonds. The maximum atomic E-state index is 12.3. The number of aromatic nitrogens is 2. The van der Waals surface area contributed by atoms with Crippen molar-refractivity contribution in [1.29, 1.82) is 0 Å². The first-order valence-electron chi connectivity index (χ1n) is 7.56. The van der Waals surface area contributed by atoms with Crippen LogP contribution in [0.3, 0.4) is 0 Å². The Balaban J connectivity index is 2.06. The molecule has 0 aliphatic rings. The molecule has 7 nitrogen and oxygen atoms in total. The standard InChI is InChI=1S/C17H21N3O4/c1-12-5-3-8-15(22)20(12)11-17(2,24)16(23)18-9-13-6-4-7-14(10-21)19-13/h3-8,21,24H,9-11H2,1-2H3,(H,18,23). The third-order valence-electron chi connectivity index (χ3n) is 3.68. The second kappa shape index (κ2) is 7.37. The van der Waals surface area contributed by atoms with Crippen LogP contribution in [0.4, 0.5) is 0 Å². The van der Waals surface area contributed by atoms with Crippen molar-refractivity contribution in [1.82, 2.24) is 14.9 Å². The number of hydrogen-bond donors (Lipinski definition) is 3. The number of rotatable bonds is 6. The van der Waals surface area contributed by atoms with Crippen LogP contribution in [0, 0.1) is 6.92 Å². The van der Waals surface area contributed by atoms with Crippen molar-refractivity contribution in [3.05, 3.63) is 63.8 Å². The lowest BCUT2D eigenvalue weighted by Gasteiger charge is -2.24. The fraction of sp³-hybridized carbons (Fsp3) is 0.353. The zero-order valence-electron chi connectivity index (χ0n) is 13.7. The Morgan fingerprint density at radius 1 is 1.25 bits per heavy atom. The molecule has 0 fully saturated rings.